The largest absolute Gasteiger partial charge is 0.497 e. The number of amides is 1. The molecule has 1 amide bonds. The van der Waals surface area contributed by atoms with Crippen LogP contribution in [0.15, 0.2) is 54.6 Å². The van der Waals surface area contributed by atoms with Crippen LogP contribution in [0.1, 0.15) is 12.8 Å². The molecule has 0 aromatic heterocycles. The maximum Gasteiger partial charge on any atom is 0.224 e. The van der Waals surface area contributed by atoms with Gasteiger partial charge in [0.1, 0.15) is 11.5 Å². The van der Waals surface area contributed by atoms with E-state index in [1.165, 1.54) is 0 Å². The van der Waals surface area contributed by atoms with E-state index in [-0.39, 0.29) is 5.91 Å². The average molecular weight is 285 g/mol. The van der Waals surface area contributed by atoms with Crippen LogP contribution < -0.4 is 14.8 Å². The second-order valence-electron chi connectivity index (χ2n) is 4.54. The van der Waals surface area contributed by atoms with Gasteiger partial charge in [-0.15, -0.1) is 0 Å². The number of para-hydroxylation sites is 1. The second kappa shape index (κ2) is 7.94. The van der Waals surface area contributed by atoms with Gasteiger partial charge in [-0.05, 0) is 42.8 Å². The molecule has 0 fully saturated rings. The van der Waals surface area contributed by atoms with Crippen LogP contribution in [0.3, 0.4) is 0 Å². The molecule has 21 heavy (non-hydrogen) atoms. The number of anilines is 1. The number of rotatable bonds is 7. The first-order chi connectivity index (χ1) is 10.3. The number of carbonyl (C=O) groups excluding carboxylic acids is 1. The lowest BCUT2D eigenvalue weighted by molar-refractivity contribution is -0.116. The fourth-order valence-electron chi connectivity index (χ4n) is 1.84. The Labute approximate surface area is 124 Å². The zero-order chi connectivity index (χ0) is 14.9. The van der Waals surface area contributed by atoms with Gasteiger partial charge in [0.05, 0.1) is 13.7 Å². The first-order valence-corrected chi connectivity index (χ1v) is 6.89. The van der Waals surface area contributed by atoms with Crippen molar-refractivity contribution in [1.82, 2.24) is 0 Å². The lowest BCUT2D eigenvalue weighted by Crippen LogP contribution is -2.12. The van der Waals surface area contributed by atoms with E-state index in [1.54, 1.807) is 7.11 Å². The summed E-state index contributed by atoms with van der Waals surface area (Å²) >= 11 is 0. The third-order valence-corrected chi connectivity index (χ3v) is 2.93. The highest BCUT2D eigenvalue weighted by atomic mass is 16.5. The van der Waals surface area contributed by atoms with Crippen LogP contribution in [0.4, 0.5) is 5.69 Å². The minimum Gasteiger partial charge on any atom is -0.497 e. The van der Waals surface area contributed by atoms with E-state index in [9.17, 15) is 4.79 Å². The van der Waals surface area contributed by atoms with Crippen molar-refractivity contribution in [3.8, 4) is 11.5 Å². The maximum absolute atomic E-state index is 11.7. The third kappa shape index (κ3) is 5.18. The van der Waals surface area contributed by atoms with Crippen LogP contribution in [0.2, 0.25) is 0 Å². The number of hydrogen-bond acceptors (Lipinski definition) is 3. The molecule has 2 aromatic carbocycles. The molecule has 0 bridgehead atoms. The molecule has 0 heterocycles. The molecule has 0 radical (unpaired) electrons. The quantitative estimate of drug-likeness (QED) is 0.792. The van der Waals surface area contributed by atoms with Gasteiger partial charge < -0.3 is 14.8 Å². The molecule has 4 heteroatoms. The Morgan fingerprint density at radius 1 is 1.00 bits per heavy atom. The monoisotopic (exact) mass is 285 g/mol. The van der Waals surface area contributed by atoms with Crippen molar-refractivity contribution in [3.63, 3.8) is 0 Å². The van der Waals surface area contributed by atoms with E-state index in [1.807, 2.05) is 54.6 Å². The van der Waals surface area contributed by atoms with Gasteiger partial charge in [0, 0.05) is 12.1 Å². The molecule has 0 atom stereocenters. The number of benzene rings is 2. The first kappa shape index (κ1) is 14.9. The van der Waals surface area contributed by atoms with Gasteiger partial charge in [0.15, 0.2) is 0 Å². The normalized spacial score (nSPS) is 9.95. The summed E-state index contributed by atoms with van der Waals surface area (Å²) in [5.74, 6) is 1.57. The third-order valence-electron chi connectivity index (χ3n) is 2.93. The zero-order valence-corrected chi connectivity index (χ0v) is 12.0. The molecule has 0 saturated carbocycles. The summed E-state index contributed by atoms with van der Waals surface area (Å²) < 4.78 is 10.6. The second-order valence-corrected chi connectivity index (χ2v) is 4.54. The van der Waals surface area contributed by atoms with Gasteiger partial charge in [-0.2, -0.15) is 0 Å². The van der Waals surface area contributed by atoms with Crippen LogP contribution in [0.25, 0.3) is 0 Å². The first-order valence-electron chi connectivity index (χ1n) is 6.89. The lowest BCUT2D eigenvalue weighted by Gasteiger charge is -2.07. The molecule has 0 aliphatic heterocycles. The van der Waals surface area contributed by atoms with E-state index in [2.05, 4.69) is 5.32 Å². The van der Waals surface area contributed by atoms with E-state index in [4.69, 9.17) is 9.47 Å². The van der Waals surface area contributed by atoms with Crippen LogP contribution in [-0.2, 0) is 4.79 Å². The number of methoxy groups -OCH3 is 1. The summed E-state index contributed by atoms with van der Waals surface area (Å²) in [6.45, 7) is 0.508. The number of nitrogens with one attached hydrogen (secondary N) is 1. The Morgan fingerprint density at radius 3 is 2.33 bits per heavy atom. The number of hydrogen-bond donors (Lipinski definition) is 1. The van der Waals surface area contributed by atoms with Crippen LogP contribution in [0.5, 0.6) is 11.5 Å². The summed E-state index contributed by atoms with van der Waals surface area (Å²) in [6.07, 6.45) is 1.11. The molecule has 1 N–H and O–H groups in total. The molecule has 0 aliphatic rings. The zero-order valence-electron chi connectivity index (χ0n) is 12.0. The van der Waals surface area contributed by atoms with Gasteiger partial charge in [0.2, 0.25) is 5.91 Å². The van der Waals surface area contributed by atoms with Gasteiger partial charge in [0.25, 0.3) is 0 Å². The van der Waals surface area contributed by atoms with Crippen molar-refractivity contribution >= 4 is 11.6 Å². The highest BCUT2D eigenvalue weighted by Gasteiger charge is 2.02. The van der Waals surface area contributed by atoms with Crippen molar-refractivity contribution in [2.45, 2.75) is 12.8 Å². The van der Waals surface area contributed by atoms with Crippen LogP contribution in [0, 0.1) is 0 Å². The van der Waals surface area contributed by atoms with E-state index in [0.29, 0.717) is 19.4 Å². The predicted octanol–water partition coefficient (Wildman–Crippen LogP) is 3.49. The van der Waals surface area contributed by atoms with Gasteiger partial charge >= 0.3 is 0 Å². The number of ether oxygens (including phenoxy) is 2. The van der Waals surface area contributed by atoms with Crippen molar-refractivity contribution in [1.29, 1.82) is 0 Å². The minimum absolute atomic E-state index is 0.000434. The Morgan fingerprint density at radius 2 is 1.67 bits per heavy atom. The maximum atomic E-state index is 11.7. The Kier molecular flexibility index (Phi) is 5.64. The van der Waals surface area contributed by atoms with Gasteiger partial charge in [-0.1, -0.05) is 18.2 Å². The molecular weight excluding hydrogens is 266 g/mol. The molecule has 0 aliphatic carbocycles. The fourth-order valence-corrected chi connectivity index (χ4v) is 1.84. The van der Waals surface area contributed by atoms with Crippen molar-refractivity contribution < 1.29 is 14.3 Å². The van der Waals surface area contributed by atoms with E-state index in [0.717, 1.165) is 17.2 Å². The summed E-state index contributed by atoms with van der Waals surface area (Å²) in [5, 5.41) is 2.84. The van der Waals surface area contributed by atoms with Crippen LogP contribution in [-0.4, -0.2) is 19.6 Å². The smallest absolute Gasteiger partial charge is 0.224 e. The van der Waals surface area contributed by atoms with Crippen LogP contribution >= 0.6 is 0 Å². The van der Waals surface area contributed by atoms with E-state index < -0.39 is 0 Å². The Balaban J connectivity index is 1.66. The molecule has 0 unspecified atom stereocenters. The summed E-state index contributed by atoms with van der Waals surface area (Å²) in [4.78, 5) is 11.7. The standard InChI is InChI=1S/C17H19NO3/c1-20-15-9-11-16(12-10-15)21-13-5-8-17(19)18-14-6-3-2-4-7-14/h2-4,6-7,9-12H,5,8,13H2,1H3,(H,18,19). The molecule has 0 spiro atoms. The highest BCUT2D eigenvalue weighted by Crippen LogP contribution is 2.17. The summed E-state index contributed by atoms with van der Waals surface area (Å²) in [6, 6.07) is 16.8. The summed E-state index contributed by atoms with van der Waals surface area (Å²) in [7, 11) is 1.63. The van der Waals surface area contributed by atoms with Gasteiger partial charge in [-0.25, -0.2) is 0 Å². The minimum atomic E-state index is -0.000434. The van der Waals surface area contributed by atoms with Crippen molar-refractivity contribution in [2.75, 3.05) is 19.0 Å². The SMILES string of the molecule is COc1ccc(OCCCC(=O)Nc2ccccc2)cc1. The Bertz CT molecular complexity index is 552. The summed E-state index contributed by atoms with van der Waals surface area (Å²) in [5.41, 5.74) is 0.818. The van der Waals surface area contributed by atoms with Gasteiger partial charge in [-0.3, -0.25) is 4.79 Å². The molecule has 2 aromatic rings. The lowest BCUT2D eigenvalue weighted by atomic mass is 10.2. The molecule has 0 saturated heterocycles. The Hall–Kier alpha value is -2.49. The van der Waals surface area contributed by atoms with Crippen molar-refractivity contribution in [3.05, 3.63) is 54.6 Å². The highest BCUT2D eigenvalue weighted by molar-refractivity contribution is 5.90. The predicted molar refractivity (Wildman–Crippen MR) is 82.8 cm³/mol. The molecular formula is C17H19NO3. The fraction of sp³-hybridized carbons (Fsp3) is 0.235. The number of carbonyl (C=O) groups is 1. The molecule has 110 valence electrons. The average Bonchev–Trinajstić information content (AvgIpc) is 2.53. The molecule has 2 rings (SSSR count). The topological polar surface area (TPSA) is 47.6 Å². The van der Waals surface area contributed by atoms with E-state index >= 15 is 0 Å². The van der Waals surface area contributed by atoms with Crippen molar-refractivity contribution in [2.24, 2.45) is 0 Å². The molecule has 4 nitrogen and oxygen atoms in total.